The van der Waals surface area contributed by atoms with Crippen LogP contribution in [0.15, 0.2) is 23.1 Å². The van der Waals surface area contributed by atoms with Crippen LogP contribution in [0.5, 0.6) is 0 Å². The Hall–Kier alpha value is -0.920. The molecular weight excluding hydrogens is 315 g/mol. The van der Waals surface area contributed by atoms with Gasteiger partial charge in [0.2, 0.25) is 0 Å². The standard InChI is InChI=1S/C13H18F3NO2S.C2H6/c1-9-5-6-11(10(7-9)13(14,15)16)20(18)17-12(2,3)8-19-4;1-2/h5-7,17H,8H2,1-4H3;1-2H3. The van der Waals surface area contributed by atoms with E-state index in [-0.39, 0.29) is 11.5 Å². The molecule has 3 nitrogen and oxygen atoms in total. The highest BCUT2D eigenvalue weighted by atomic mass is 32.2. The fourth-order valence-electron chi connectivity index (χ4n) is 1.72. The van der Waals surface area contributed by atoms with E-state index in [1.165, 1.54) is 19.2 Å². The summed E-state index contributed by atoms with van der Waals surface area (Å²) in [7, 11) is -0.499. The first-order valence-corrected chi connectivity index (χ1v) is 8.08. The van der Waals surface area contributed by atoms with Crippen LogP contribution in [0, 0.1) is 6.92 Å². The number of hydrogen-bond donors (Lipinski definition) is 1. The molecule has 1 rings (SSSR count). The Morgan fingerprint density at radius 1 is 1.23 bits per heavy atom. The van der Waals surface area contributed by atoms with Gasteiger partial charge in [-0.1, -0.05) is 25.5 Å². The first-order valence-electron chi connectivity index (χ1n) is 6.93. The van der Waals surface area contributed by atoms with E-state index in [1.54, 1.807) is 20.8 Å². The fourth-order valence-corrected chi connectivity index (χ4v) is 2.96. The Morgan fingerprint density at radius 3 is 2.23 bits per heavy atom. The number of hydrogen-bond acceptors (Lipinski definition) is 2. The smallest absolute Gasteiger partial charge is 0.383 e. The second-order valence-corrected chi connectivity index (χ2v) is 6.37. The van der Waals surface area contributed by atoms with Gasteiger partial charge >= 0.3 is 6.18 Å². The molecule has 0 aliphatic heterocycles. The van der Waals surface area contributed by atoms with E-state index in [0.717, 1.165) is 6.07 Å². The van der Waals surface area contributed by atoms with Gasteiger partial charge in [-0.2, -0.15) is 13.2 Å². The van der Waals surface area contributed by atoms with Crippen molar-refractivity contribution in [2.75, 3.05) is 13.7 Å². The van der Waals surface area contributed by atoms with Crippen molar-refractivity contribution < 1.29 is 22.1 Å². The van der Waals surface area contributed by atoms with E-state index >= 15 is 0 Å². The average molecular weight is 339 g/mol. The largest absolute Gasteiger partial charge is 0.417 e. The average Bonchev–Trinajstić information content (AvgIpc) is 2.39. The van der Waals surface area contributed by atoms with Crippen molar-refractivity contribution in [3.05, 3.63) is 29.3 Å². The minimum Gasteiger partial charge on any atom is -0.383 e. The zero-order valence-electron chi connectivity index (χ0n) is 13.8. The molecule has 0 saturated carbocycles. The topological polar surface area (TPSA) is 38.3 Å². The van der Waals surface area contributed by atoms with Crippen LogP contribution in [0.2, 0.25) is 0 Å². The van der Waals surface area contributed by atoms with Crippen molar-refractivity contribution in [1.29, 1.82) is 0 Å². The van der Waals surface area contributed by atoms with E-state index in [1.807, 2.05) is 13.8 Å². The van der Waals surface area contributed by atoms with Crippen LogP contribution in [0.4, 0.5) is 13.2 Å². The van der Waals surface area contributed by atoms with Crippen LogP contribution in [0.3, 0.4) is 0 Å². The van der Waals surface area contributed by atoms with E-state index < -0.39 is 28.3 Å². The Labute approximate surface area is 132 Å². The van der Waals surface area contributed by atoms with E-state index in [0.29, 0.717) is 5.56 Å². The molecule has 0 heterocycles. The van der Waals surface area contributed by atoms with Crippen LogP contribution >= 0.6 is 0 Å². The van der Waals surface area contributed by atoms with Crippen molar-refractivity contribution in [3.63, 3.8) is 0 Å². The van der Waals surface area contributed by atoms with Crippen LogP contribution < -0.4 is 4.72 Å². The molecule has 128 valence electrons. The summed E-state index contributed by atoms with van der Waals surface area (Å²) in [6, 6.07) is 3.75. The van der Waals surface area contributed by atoms with Crippen LogP contribution in [-0.4, -0.2) is 23.5 Å². The van der Waals surface area contributed by atoms with Crippen molar-refractivity contribution in [3.8, 4) is 0 Å². The van der Waals surface area contributed by atoms with Gasteiger partial charge in [-0.25, -0.2) is 8.93 Å². The van der Waals surface area contributed by atoms with Crippen LogP contribution in [-0.2, 0) is 21.9 Å². The van der Waals surface area contributed by atoms with E-state index in [9.17, 15) is 17.4 Å². The van der Waals surface area contributed by atoms with Crippen molar-refractivity contribution in [2.24, 2.45) is 0 Å². The molecule has 7 heteroatoms. The molecule has 0 aromatic heterocycles. The first-order chi connectivity index (χ1) is 10.1. The molecule has 0 saturated heterocycles. The van der Waals surface area contributed by atoms with Crippen LogP contribution in [0.1, 0.15) is 38.8 Å². The van der Waals surface area contributed by atoms with Gasteiger partial charge in [0.1, 0.15) is 11.0 Å². The number of halogens is 3. The summed E-state index contributed by atoms with van der Waals surface area (Å²) in [5.41, 5.74) is -1.11. The second kappa shape index (κ2) is 8.64. The predicted molar refractivity (Wildman–Crippen MR) is 83.0 cm³/mol. The summed E-state index contributed by atoms with van der Waals surface area (Å²) in [5.74, 6) is 0. The van der Waals surface area contributed by atoms with Crippen molar-refractivity contribution in [2.45, 2.75) is 51.2 Å². The highest BCUT2D eigenvalue weighted by Crippen LogP contribution is 2.34. The number of benzene rings is 1. The minimum atomic E-state index is -4.54. The number of methoxy groups -OCH3 is 1. The third-order valence-corrected chi connectivity index (χ3v) is 4.01. The Balaban J connectivity index is 0.00000211. The monoisotopic (exact) mass is 339 g/mol. The van der Waals surface area contributed by atoms with Gasteiger partial charge in [0.25, 0.3) is 0 Å². The zero-order chi connectivity index (χ0) is 17.6. The van der Waals surface area contributed by atoms with E-state index in [2.05, 4.69) is 4.72 Å². The summed E-state index contributed by atoms with van der Waals surface area (Å²) in [5, 5.41) is 0. The SMILES string of the molecule is CC.COCC(C)(C)NS(=O)c1ccc(C)cc1C(F)(F)F. The molecule has 1 aromatic rings. The zero-order valence-corrected chi connectivity index (χ0v) is 14.6. The molecular formula is C15H24F3NO2S. The Kier molecular flexibility index (Phi) is 8.28. The Bertz CT molecular complexity index is 502. The lowest BCUT2D eigenvalue weighted by molar-refractivity contribution is -0.139. The number of rotatable bonds is 5. The summed E-state index contributed by atoms with van der Waals surface area (Å²) in [6.07, 6.45) is -4.54. The van der Waals surface area contributed by atoms with Gasteiger partial charge in [-0.3, -0.25) is 0 Å². The molecule has 0 amide bonds. The number of alkyl halides is 3. The van der Waals surface area contributed by atoms with E-state index in [4.69, 9.17) is 4.74 Å². The minimum absolute atomic E-state index is 0.228. The maximum atomic E-state index is 13.0. The van der Waals surface area contributed by atoms with Gasteiger partial charge < -0.3 is 4.74 Å². The molecule has 1 atom stereocenters. The van der Waals surface area contributed by atoms with Gasteiger partial charge in [0.05, 0.1) is 17.1 Å². The molecule has 0 bridgehead atoms. The molecule has 22 heavy (non-hydrogen) atoms. The predicted octanol–water partition coefficient (Wildman–Crippen LogP) is 4.08. The summed E-state index contributed by atoms with van der Waals surface area (Å²) >= 11 is 0. The maximum Gasteiger partial charge on any atom is 0.417 e. The molecule has 0 fully saturated rings. The number of ether oxygens (including phenoxy) is 1. The summed E-state index contributed by atoms with van der Waals surface area (Å²) < 4.78 is 58.7. The molecule has 1 aromatic carbocycles. The van der Waals surface area contributed by atoms with Gasteiger partial charge in [-0.05, 0) is 32.9 Å². The lowest BCUT2D eigenvalue weighted by Crippen LogP contribution is -2.44. The van der Waals surface area contributed by atoms with Crippen molar-refractivity contribution in [1.82, 2.24) is 4.72 Å². The highest BCUT2D eigenvalue weighted by molar-refractivity contribution is 7.83. The lowest BCUT2D eigenvalue weighted by atomic mass is 10.1. The van der Waals surface area contributed by atoms with Crippen LogP contribution in [0.25, 0.3) is 0 Å². The lowest BCUT2D eigenvalue weighted by Gasteiger charge is -2.25. The normalized spacial score (nSPS) is 13.3. The third-order valence-electron chi connectivity index (χ3n) is 2.51. The van der Waals surface area contributed by atoms with Gasteiger partial charge in [0, 0.05) is 12.6 Å². The van der Waals surface area contributed by atoms with Gasteiger partial charge in [-0.15, -0.1) is 0 Å². The Morgan fingerprint density at radius 2 is 1.77 bits per heavy atom. The fraction of sp³-hybridized carbons (Fsp3) is 0.600. The molecule has 1 unspecified atom stereocenters. The second-order valence-electron chi connectivity index (χ2n) is 5.19. The summed E-state index contributed by atoms with van der Waals surface area (Å²) in [4.78, 5) is -0.271. The number of nitrogens with one attached hydrogen (secondary N) is 1. The maximum absolute atomic E-state index is 13.0. The summed E-state index contributed by atoms with van der Waals surface area (Å²) in [6.45, 7) is 9.20. The molecule has 0 aliphatic carbocycles. The highest BCUT2D eigenvalue weighted by Gasteiger charge is 2.36. The number of aryl methyl sites for hydroxylation is 1. The third kappa shape index (κ3) is 6.46. The first kappa shape index (κ1) is 21.1. The molecule has 1 N–H and O–H groups in total. The molecule has 0 spiro atoms. The van der Waals surface area contributed by atoms with Crippen molar-refractivity contribution >= 4 is 11.0 Å². The molecule has 0 aliphatic rings. The quantitative estimate of drug-likeness (QED) is 0.878. The molecule has 0 radical (unpaired) electrons. The van der Waals surface area contributed by atoms with Gasteiger partial charge in [0.15, 0.2) is 0 Å².